The van der Waals surface area contributed by atoms with E-state index in [9.17, 15) is 4.79 Å². The summed E-state index contributed by atoms with van der Waals surface area (Å²) in [6.45, 7) is 11.3. The van der Waals surface area contributed by atoms with Crippen molar-refractivity contribution in [2.24, 2.45) is 10.8 Å². The maximum atomic E-state index is 12.4. The van der Waals surface area contributed by atoms with Crippen LogP contribution in [0.25, 0.3) is 0 Å². The molecule has 4 aliphatic rings. The Hall–Kier alpha value is -1.63. The second-order valence-electron chi connectivity index (χ2n) is 10.9. The Labute approximate surface area is 180 Å². The number of amides is 1. The Morgan fingerprint density at radius 1 is 1.20 bits per heavy atom. The number of rotatable bonds is 5. The van der Waals surface area contributed by atoms with Crippen LogP contribution in [0.3, 0.4) is 0 Å². The summed E-state index contributed by atoms with van der Waals surface area (Å²) in [6, 6.07) is 1.84. The van der Waals surface area contributed by atoms with Crippen molar-refractivity contribution in [3.05, 3.63) is 5.82 Å². The van der Waals surface area contributed by atoms with E-state index in [1.54, 1.807) is 6.92 Å². The molecule has 2 aliphatic heterocycles. The molecule has 2 saturated heterocycles. The molecule has 0 N–H and O–H groups in total. The highest BCUT2D eigenvalue weighted by atomic mass is 16.5. The molecule has 2 saturated carbocycles. The Morgan fingerprint density at radius 3 is 2.50 bits per heavy atom. The summed E-state index contributed by atoms with van der Waals surface area (Å²) in [5, 5.41) is 3.94. The van der Waals surface area contributed by atoms with Gasteiger partial charge in [0.1, 0.15) is 0 Å². The van der Waals surface area contributed by atoms with Crippen LogP contribution in [0.2, 0.25) is 0 Å². The lowest BCUT2D eigenvalue weighted by atomic mass is 9.64. The van der Waals surface area contributed by atoms with Crippen molar-refractivity contribution in [2.45, 2.75) is 84.2 Å². The zero-order valence-corrected chi connectivity index (χ0v) is 18.9. The quantitative estimate of drug-likeness (QED) is 0.736. The van der Waals surface area contributed by atoms with Gasteiger partial charge in [0.2, 0.25) is 5.91 Å². The summed E-state index contributed by atoms with van der Waals surface area (Å²) < 4.78 is 5.38. The van der Waals surface area contributed by atoms with Gasteiger partial charge in [0.25, 0.3) is 0 Å². The maximum absolute atomic E-state index is 12.4. The smallest absolute Gasteiger partial charge is 0.324 e. The van der Waals surface area contributed by atoms with Crippen LogP contribution in [-0.4, -0.2) is 70.7 Å². The van der Waals surface area contributed by atoms with Crippen LogP contribution in [0.4, 0.5) is 6.01 Å². The zero-order chi connectivity index (χ0) is 20.9. The number of anilines is 1. The van der Waals surface area contributed by atoms with Crippen LogP contribution < -0.4 is 4.90 Å². The first-order valence-corrected chi connectivity index (χ1v) is 11.9. The predicted octanol–water partition coefficient (Wildman–Crippen LogP) is 3.24. The third-order valence-electron chi connectivity index (χ3n) is 8.54. The largest absolute Gasteiger partial charge is 0.339 e. The molecule has 4 fully saturated rings. The molecule has 0 atom stereocenters. The molecule has 1 amide bonds. The summed E-state index contributed by atoms with van der Waals surface area (Å²) in [4.78, 5) is 23.9. The first-order valence-electron chi connectivity index (χ1n) is 11.9. The molecule has 0 radical (unpaired) electrons. The van der Waals surface area contributed by atoms with Crippen LogP contribution in [0, 0.1) is 17.8 Å². The summed E-state index contributed by atoms with van der Waals surface area (Å²) in [5.41, 5.74) is 0.808. The minimum absolute atomic E-state index is 0.270. The van der Waals surface area contributed by atoms with Gasteiger partial charge in [0.15, 0.2) is 5.82 Å². The third-order valence-corrected chi connectivity index (χ3v) is 8.54. The number of carbonyl (C=O) groups excluding carboxylic acids is 1. The standard InChI is InChI=1S/C23H37N5O2/c1-17-24-21(30-25-17)27-12-9-23(16-27)13-20(14-23)26-10-5-19(6-11-26)28(18(2)29)15-22(3)7-4-8-22/h19-20H,4-16H2,1-3H3. The van der Waals surface area contributed by atoms with Gasteiger partial charge in [-0.2, -0.15) is 4.98 Å². The van der Waals surface area contributed by atoms with Gasteiger partial charge >= 0.3 is 6.01 Å². The fraction of sp³-hybridized carbons (Fsp3) is 0.870. The number of piperidine rings is 1. The van der Waals surface area contributed by atoms with Gasteiger partial charge < -0.3 is 19.2 Å². The lowest BCUT2D eigenvalue weighted by Gasteiger charge is -2.52. The van der Waals surface area contributed by atoms with Gasteiger partial charge in [-0.3, -0.25) is 4.79 Å². The van der Waals surface area contributed by atoms with Gasteiger partial charge in [-0.05, 0) is 62.7 Å². The molecular formula is C23H37N5O2. The molecule has 3 heterocycles. The molecule has 166 valence electrons. The van der Waals surface area contributed by atoms with Gasteiger partial charge in [0, 0.05) is 51.7 Å². The number of nitrogens with zero attached hydrogens (tertiary/aromatic N) is 5. The fourth-order valence-corrected chi connectivity index (χ4v) is 6.45. The highest BCUT2D eigenvalue weighted by molar-refractivity contribution is 5.73. The third kappa shape index (κ3) is 3.74. The first kappa shape index (κ1) is 20.3. The van der Waals surface area contributed by atoms with Gasteiger partial charge in [-0.1, -0.05) is 18.5 Å². The van der Waals surface area contributed by atoms with Crippen molar-refractivity contribution in [3.8, 4) is 0 Å². The van der Waals surface area contributed by atoms with Crippen molar-refractivity contribution in [2.75, 3.05) is 37.6 Å². The molecule has 1 spiro atoms. The normalized spacial score (nSPS) is 31.6. The zero-order valence-electron chi connectivity index (χ0n) is 18.9. The lowest BCUT2D eigenvalue weighted by Crippen LogP contribution is -2.57. The number of carbonyl (C=O) groups is 1. The van der Waals surface area contributed by atoms with E-state index in [-0.39, 0.29) is 5.91 Å². The van der Waals surface area contributed by atoms with Crippen molar-refractivity contribution in [3.63, 3.8) is 0 Å². The minimum Gasteiger partial charge on any atom is -0.339 e. The molecule has 30 heavy (non-hydrogen) atoms. The average molecular weight is 416 g/mol. The van der Waals surface area contributed by atoms with Crippen LogP contribution >= 0.6 is 0 Å². The second-order valence-corrected chi connectivity index (χ2v) is 10.9. The van der Waals surface area contributed by atoms with E-state index in [2.05, 4.69) is 31.8 Å². The molecule has 0 unspecified atom stereocenters. The van der Waals surface area contributed by atoms with Crippen molar-refractivity contribution < 1.29 is 9.32 Å². The number of hydrogen-bond donors (Lipinski definition) is 0. The Bertz CT molecular complexity index is 774. The molecule has 0 bridgehead atoms. The van der Waals surface area contributed by atoms with Crippen molar-refractivity contribution in [1.82, 2.24) is 19.9 Å². The highest BCUT2D eigenvalue weighted by Crippen LogP contribution is 2.51. The van der Waals surface area contributed by atoms with E-state index in [4.69, 9.17) is 4.52 Å². The Balaban J connectivity index is 1.11. The van der Waals surface area contributed by atoms with Gasteiger partial charge in [-0.25, -0.2) is 0 Å². The molecular weight excluding hydrogens is 378 g/mol. The summed E-state index contributed by atoms with van der Waals surface area (Å²) in [7, 11) is 0. The van der Waals surface area contributed by atoms with Crippen LogP contribution in [0.15, 0.2) is 4.52 Å². The van der Waals surface area contributed by atoms with Crippen LogP contribution in [0.1, 0.15) is 71.0 Å². The molecule has 0 aromatic carbocycles. The van der Waals surface area contributed by atoms with E-state index in [1.165, 1.54) is 38.5 Å². The summed E-state index contributed by atoms with van der Waals surface area (Å²) >= 11 is 0. The summed E-state index contributed by atoms with van der Waals surface area (Å²) in [5.74, 6) is 0.984. The van der Waals surface area contributed by atoms with Gasteiger partial charge in [0.05, 0.1) is 0 Å². The molecule has 7 heteroatoms. The average Bonchev–Trinajstić information content (AvgIpc) is 3.30. The summed E-state index contributed by atoms with van der Waals surface area (Å²) in [6.07, 6.45) is 9.95. The van der Waals surface area contributed by atoms with E-state index in [0.29, 0.717) is 34.8 Å². The second kappa shape index (κ2) is 7.50. The van der Waals surface area contributed by atoms with E-state index in [0.717, 1.165) is 45.6 Å². The molecule has 1 aromatic rings. The Morgan fingerprint density at radius 2 is 1.93 bits per heavy atom. The molecule has 2 aliphatic carbocycles. The minimum atomic E-state index is 0.270. The van der Waals surface area contributed by atoms with Gasteiger partial charge in [-0.15, -0.1) is 0 Å². The molecule has 7 nitrogen and oxygen atoms in total. The Kier molecular flexibility index (Phi) is 5.07. The first-order chi connectivity index (χ1) is 14.3. The van der Waals surface area contributed by atoms with E-state index in [1.807, 2.05) is 6.92 Å². The highest BCUT2D eigenvalue weighted by Gasteiger charge is 2.51. The van der Waals surface area contributed by atoms with Crippen LogP contribution in [-0.2, 0) is 4.79 Å². The van der Waals surface area contributed by atoms with Crippen LogP contribution in [0.5, 0.6) is 0 Å². The predicted molar refractivity (Wildman–Crippen MR) is 115 cm³/mol. The fourth-order valence-electron chi connectivity index (χ4n) is 6.45. The van der Waals surface area contributed by atoms with E-state index >= 15 is 0 Å². The van der Waals surface area contributed by atoms with Crippen molar-refractivity contribution in [1.29, 1.82) is 0 Å². The number of aromatic nitrogens is 2. The van der Waals surface area contributed by atoms with E-state index < -0.39 is 0 Å². The number of likely N-dealkylation sites (tertiary alicyclic amines) is 1. The molecule has 5 rings (SSSR count). The lowest BCUT2D eigenvalue weighted by molar-refractivity contribution is -0.135. The number of aryl methyl sites for hydroxylation is 1. The number of hydrogen-bond acceptors (Lipinski definition) is 6. The van der Waals surface area contributed by atoms with Crippen molar-refractivity contribution >= 4 is 11.9 Å². The topological polar surface area (TPSA) is 65.7 Å². The SMILES string of the molecule is CC(=O)N(CC1(C)CCC1)C1CCN(C2CC3(CCN(c4nc(C)no4)C3)C2)CC1. The maximum Gasteiger partial charge on any atom is 0.324 e. The molecule has 1 aromatic heterocycles. The monoisotopic (exact) mass is 415 g/mol.